The van der Waals surface area contributed by atoms with Crippen LogP contribution in [-0.4, -0.2) is 20.9 Å². The molecule has 6 heteroatoms. The van der Waals surface area contributed by atoms with E-state index in [2.05, 4.69) is 0 Å². The van der Waals surface area contributed by atoms with E-state index in [0.29, 0.717) is 0 Å². The topological polar surface area (TPSA) is 101 Å². The van der Waals surface area contributed by atoms with Gasteiger partial charge < -0.3 is 0 Å². The van der Waals surface area contributed by atoms with E-state index in [1.54, 1.807) is 0 Å². The molecule has 6 heavy (non-hydrogen) atoms. The van der Waals surface area contributed by atoms with Crippen LogP contribution in [0.5, 0.6) is 0 Å². The van der Waals surface area contributed by atoms with Gasteiger partial charge in [0.15, 0.2) is 0 Å². The first-order chi connectivity index (χ1) is 2.24. The Balaban J connectivity index is 3.73. The molecular formula is H5FeO5. The van der Waals surface area contributed by atoms with Gasteiger partial charge in [0.05, 0.1) is 0 Å². The number of rotatable bonds is 0. The van der Waals surface area contributed by atoms with Gasteiger partial charge in [-0.1, -0.05) is 0 Å². The molecule has 0 aliphatic carbocycles. The summed E-state index contributed by atoms with van der Waals surface area (Å²) in [6.45, 7) is 0. The Morgan fingerprint density at radius 2 is 0.667 bits per heavy atom. The second-order valence-corrected chi connectivity index (χ2v) is 2.92. The monoisotopic (exact) mass is 141 g/mol. The van der Waals surface area contributed by atoms with Crippen molar-refractivity contribution in [2.75, 3.05) is 0 Å². The Hall–Kier alpha value is 0.319. The van der Waals surface area contributed by atoms with Gasteiger partial charge >= 0.3 is 34.4 Å². The summed E-state index contributed by atoms with van der Waals surface area (Å²) in [5.74, 6) is 0. The molecule has 0 heterocycles. The predicted octanol–water partition coefficient (Wildman–Crippen LogP) is -2.79. The first-order valence-corrected chi connectivity index (χ1v) is 3.26. The van der Waals surface area contributed by atoms with Gasteiger partial charge in [-0.15, -0.1) is 0 Å². The van der Waals surface area contributed by atoms with Crippen LogP contribution < -0.4 is 0 Å². The van der Waals surface area contributed by atoms with Crippen molar-refractivity contribution in [3.05, 3.63) is 0 Å². The van der Waals surface area contributed by atoms with Crippen LogP contribution in [-0.2, 0) is 13.4 Å². The van der Waals surface area contributed by atoms with Crippen LogP contribution in [0.1, 0.15) is 0 Å². The zero-order chi connectivity index (χ0) is 5.45. The van der Waals surface area contributed by atoms with E-state index in [9.17, 15) is 0 Å². The summed E-state index contributed by atoms with van der Waals surface area (Å²) in [6.07, 6.45) is 0. The zero-order valence-corrected chi connectivity index (χ0v) is 3.69. The van der Waals surface area contributed by atoms with Gasteiger partial charge in [0.1, 0.15) is 0 Å². The van der Waals surface area contributed by atoms with Gasteiger partial charge in [-0.2, -0.15) is 0 Å². The van der Waals surface area contributed by atoms with Gasteiger partial charge in [-0.05, 0) is 0 Å². The quantitative estimate of drug-likeness (QED) is 0.235. The van der Waals surface area contributed by atoms with E-state index in [1.807, 2.05) is 0 Å². The predicted molar refractivity (Wildman–Crippen MR) is 11.1 cm³/mol. The molecular weight excluding hydrogens is 136 g/mol. The van der Waals surface area contributed by atoms with Gasteiger partial charge in [0.2, 0.25) is 0 Å². The molecule has 5 nitrogen and oxygen atoms in total. The molecule has 0 unspecified atom stereocenters. The SMILES string of the molecule is [OH][Fe]([OH])([OH])([OH])[OH]. The number of hydrogen-bond acceptors (Lipinski definition) is 5. The van der Waals surface area contributed by atoms with Crippen LogP contribution >= 0.6 is 0 Å². The average molecular weight is 141 g/mol. The summed E-state index contributed by atoms with van der Waals surface area (Å²) >= 11 is -6.15. The van der Waals surface area contributed by atoms with Crippen molar-refractivity contribution in [2.45, 2.75) is 0 Å². The van der Waals surface area contributed by atoms with Gasteiger partial charge in [0, 0.05) is 0 Å². The van der Waals surface area contributed by atoms with E-state index >= 15 is 0 Å². The second-order valence-electron chi connectivity index (χ2n) is 0.707. The standard InChI is InChI=1S/Fe.5H2O/h;5*1H2/q+5;;;;;/p-5. The molecule has 0 aromatic heterocycles. The molecule has 0 rings (SSSR count). The van der Waals surface area contributed by atoms with E-state index in [4.69, 9.17) is 20.9 Å². The Morgan fingerprint density at radius 3 is 0.667 bits per heavy atom. The van der Waals surface area contributed by atoms with Crippen LogP contribution in [0.25, 0.3) is 0 Å². The van der Waals surface area contributed by atoms with Gasteiger partial charge in [0.25, 0.3) is 0 Å². The third-order valence-electron chi connectivity index (χ3n) is 0. The Labute approximate surface area is 35.3 Å². The molecule has 0 amide bonds. The van der Waals surface area contributed by atoms with Crippen LogP contribution in [0, 0.1) is 0 Å². The van der Waals surface area contributed by atoms with E-state index < -0.39 is 13.4 Å². The molecule has 0 spiro atoms. The van der Waals surface area contributed by atoms with E-state index in [1.165, 1.54) is 0 Å². The summed E-state index contributed by atoms with van der Waals surface area (Å²) < 4.78 is 36.8. The summed E-state index contributed by atoms with van der Waals surface area (Å²) in [6, 6.07) is 0. The summed E-state index contributed by atoms with van der Waals surface area (Å²) in [4.78, 5) is 0. The third-order valence-corrected chi connectivity index (χ3v) is 0. The molecule has 0 atom stereocenters. The van der Waals surface area contributed by atoms with Crippen molar-refractivity contribution in [2.24, 2.45) is 0 Å². The van der Waals surface area contributed by atoms with Crippen molar-refractivity contribution in [1.29, 1.82) is 0 Å². The van der Waals surface area contributed by atoms with Crippen LogP contribution in [0.3, 0.4) is 0 Å². The third kappa shape index (κ3) is 466. The first kappa shape index (κ1) is 6.32. The number of hydrogen-bond donors (Lipinski definition) is 5. The molecule has 0 aliphatic heterocycles. The van der Waals surface area contributed by atoms with E-state index in [-0.39, 0.29) is 0 Å². The summed E-state index contributed by atoms with van der Waals surface area (Å²) in [5.41, 5.74) is 0. The Morgan fingerprint density at radius 1 is 0.667 bits per heavy atom. The maximum atomic E-state index is 7.35. The normalized spacial score (nSPS) is 19.2. The minimum atomic E-state index is -6.15. The van der Waals surface area contributed by atoms with Crippen LogP contribution in [0.2, 0.25) is 0 Å². The van der Waals surface area contributed by atoms with E-state index in [0.717, 1.165) is 0 Å². The van der Waals surface area contributed by atoms with Crippen molar-refractivity contribution < 1.29 is 34.4 Å². The molecule has 0 aromatic carbocycles. The van der Waals surface area contributed by atoms with Crippen LogP contribution in [0.4, 0.5) is 0 Å². The molecule has 0 aromatic rings. The fourth-order valence-electron chi connectivity index (χ4n) is 0. The Kier molecular flexibility index (Phi) is 0.982. The van der Waals surface area contributed by atoms with Crippen molar-refractivity contribution in [3.8, 4) is 0 Å². The van der Waals surface area contributed by atoms with Gasteiger partial charge in [-0.25, -0.2) is 0 Å². The average Bonchev–Trinajstić information content (AvgIpc) is 0.650. The van der Waals surface area contributed by atoms with Crippen molar-refractivity contribution in [3.63, 3.8) is 0 Å². The van der Waals surface area contributed by atoms with Gasteiger partial charge in [-0.3, -0.25) is 0 Å². The molecule has 0 saturated carbocycles. The van der Waals surface area contributed by atoms with Crippen molar-refractivity contribution >= 4 is 0 Å². The molecule has 0 radical (unpaired) electrons. The summed E-state index contributed by atoms with van der Waals surface area (Å²) in [7, 11) is 0. The fraction of sp³-hybridized carbons (Fsp3) is 0. The second kappa shape index (κ2) is 0.932. The maximum absolute atomic E-state index is 7.35. The zero-order valence-electron chi connectivity index (χ0n) is 2.59. The molecule has 43 valence electrons. The molecule has 5 N–H and O–H groups in total. The van der Waals surface area contributed by atoms with Crippen LogP contribution in [0.15, 0.2) is 0 Å². The fourth-order valence-corrected chi connectivity index (χ4v) is 0. The molecule has 0 fully saturated rings. The summed E-state index contributed by atoms with van der Waals surface area (Å²) in [5, 5.41) is 0. The molecule has 0 aliphatic rings. The Bertz CT molecular complexity index is 37.1. The van der Waals surface area contributed by atoms with Crippen molar-refractivity contribution in [1.82, 2.24) is 0 Å². The first-order valence-electron chi connectivity index (χ1n) is 0.791. The minimum absolute atomic E-state index is 6.15. The molecule has 0 bridgehead atoms. The molecule has 0 saturated heterocycles.